The van der Waals surface area contributed by atoms with Crippen molar-refractivity contribution >= 4 is 23.6 Å². The first-order valence-electron chi connectivity index (χ1n) is 7.99. The summed E-state index contributed by atoms with van der Waals surface area (Å²) in [4.78, 5) is 15.8. The topological polar surface area (TPSA) is 65.5 Å². The number of rotatable bonds is 10. The largest absolute Gasteiger partial charge is 0.356 e. The molecule has 0 saturated heterocycles. The molecule has 0 bridgehead atoms. The van der Waals surface area contributed by atoms with E-state index in [4.69, 9.17) is 0 Å². The van der Waals surface area contributed by atoms with Gasteiger partial charge in [0.2, 0.25) is 5.91 Å². The first-order chi connectivity index (χ1) is 10.3. The summed E-state index contributed by atoms with van der Waals surface area (Å²) in [6.07, 6.45) is 8.80. The molecule has 5 nitrogen and oxygen atoms in total. The number of carbonyl (C=O) groups excluding carboxylic acids is 1. The normalized spacial score (nSPS) is 15.4. The molecule has 1 fully saturated rings. The Hall–Kier alpha value is -0.910. The molecule has 0 radical (unpaired) electrons. The number of guanidine groups is 1. The highest BCUT2D eigenvalue weighted by Gasteiger charge is 2.24. The number of thioether (sulfide) groups is 1. The van der Waals surface area contributed by atoms with Crippen molar-refractivity contribution in [2.45, 2.75) is 38.5 Å². The molecule has 1 aliphatic rings. The van der Waals surface area contributed by atoms with Gasteiger partial charge in [0.25, 0.3) is 0 Å². The van der Waals surface area contributed by atoms with Gasteiger partial charge in [-0.2, -0.15) is 11.8 Å². The molecule has 1 aliphatic carbocycles. The second-order valence-electron chi connectivity index (χ2n) is 5.40. The third-order valence-electron chi connectivity index (χ3n) is 3.71. The van der Waals surface area contributed by atoms with Gasteiger partial charge in [-0.15, -0.1) is 0 Å². The van der Waals surface area contributed by atoms with E-state index in [9.17, 15) is 4.79 Å². The van der Waals surface area contributed by atoms with Crippen LogP contribution in [-0.4, -0.2) is 50.6 Å². The summed E-state index contributed by atoms with van der Waals surface area (Å²) in [6.45, 7) is 2.53. The maximum absolute atomic E-state index is 11.6. The Balaban J connectivity index is 1.95. The summed E-state index contributed by atoms with van der Waals surface area (Å²) in [6, 6.07) is 0. The van der Waals surface area contributed by atoms with Crippen molar-refractivity contribution in [3.8, 4) is 0 Å². The second kappa shape index (κ2) is 11.7. The summed E-state index contributed by atoms with van der Waals surface area (Å²) in [5.41, 5.74) is 0. The second-order valence-corrected chi connectivity index (χ2v) is 6.38. The molecule has 21 heavy (non-hydrogen) atoms. The van der Waals surface area contributed by atoms with Crippen LogP contribution in [0.15, 0.2) is 4.99 Å². The van der Waals surface area contributed by atoms with Crippen molar-refractivity contribution in [1.82, 2.24) is 16.0 Å². The molecule has 0 heterocycles. The van der Waals surface area contributed by atoms with Gasteiger partial charge in [-0.3, -0.25) is 9.79 Å². The van der Waals surface area contributed by atoms with E-state index in [0.29, 0.717) is 0 Å². The van der Waals surface area contributed by atoms with Gasteiger partial charge in [0.1, 0.15) is 0 Å². The highest BCUT2D eigenvalue weighted by Crippen LogP contribution is 2.25. The fraction of sp³-hybridized carbons (Fsp3) is 0.867. The third kappa shape index (κ3) is 8.19. The Morgan fingerprint density at radius 1 is 1.10 bits per heavy atom. The molecule has 6 heteroatoms. The van der Waals surface area contributed by atoms with Gasteiger partial charge < -0.3 is 16.0 Å². The maximum Gasteiger partial charge on any atom is 0.223 e. The van der Waals surface area contributed by atoms with Crippen LogP contribution in [0.2, 0.25) is 0 Å². The van der Waals surface area contributed by atoms with Crippen LogP contribution >= 0.6 is 11.8 Å². The zero-order valence-electron chi connectivity index (χ0n) is 13.4. The van der Waals surface area contributed by atoms with Crippen LogP contribution in [0.3, 0.4) is 0 Å². The van der Waals surface area contributed by atoms with Gasteiger partial charge >= 0.3 is 0 Å². The summed E-state index contributed by atoms with van der Waals surface area (Å²) in [5.74, 6) is 2.59. The lowest BCUT2D eigenvalue weighted by Crippen LogP contribution is -2.40. The molecule has 0 aromatic heterocycles. The first kappa shape index (κ1) is 18.1. The van der Waals surface area contributed by atoms with Crippen LogP contribution in [0.5, 0.6) is 0 Å². The van der Waals surface area contributed by atoms with Gasteiger partial charge in [-0.1, -0.05) is 6.42 Å². The fourth-order valence-corrected chi connectivity index (χ4v) is 2.61. The maximum atomic E-state index is 11.6. The van der Waals surface area contributed by atoms with Gasteiger partial charge in [0.15, 0.2) is 5.96 Å². The molecule has 1 rings (SSSR count). The summed E-state index contributed by atoms with van der Waals surface area (Å²) >= 11 is 1.89. The molecule has 0 aromatic carbocycles. The van der Waals surface area contributed by atoms with Crippen molar-refractivity contribution in [2.75, 3.05) is 38.7 Å². The number of hydrogen-bond acceptors (Lipinski definition) is 3. The zero-order valence-corrected chi connectivity index (χ0v) is 14.2. The number of unbranched alkanes of at least 4 members (excludes halogenated alkanes) is 1. The lowest BCUT2D eigenvalue weighted by atomic mass is 9.85. The Morgan fingerprint density at radius 2 is 1.76 bits per heavy atom. The van der Waals surface area contributed by atoms with Crippen LogP contribution in [-0.2, 0) is 4.79 Å². The van der Waals surface area contributed by atoms with E-state index in [0.717, 1.165) is 44.9 Å². The molecule has 122 valence electrons. The van der Waals surface area contributed by atoms with Crippen molar-refractivity contribution in [3.63, 3.8) is 0 Å². The molecular formula is C15H30N4OS. The number of nitrogens with zero attached hydrogens (tertiary/aromatic N) is 1. The van der Waals surface area contributed by atoms with E-state index in [1.54, 1.807) is 7.05 Å². The third-order valence-corrected chi connectivity index (χ3v) is 4.41. The van der Waals surface area contributed by atoms with E-state index in [2.05, 4.69) is 27.2 Å². The smallest absolute Gasteiger partial charge is 0.223 e. The average Bonchev–Trinajstić information content (AvgIpc) is 2.42. The standard InChI is InChI=1S/C15H30N4OS/c1-16-15(18-9-3-4-12-21-2)19-11-6-10-17-14(20)13-7-5-8-13/h13H,3-12H2,1-2H3,(H,17,20)(H2,16,18,19). The Kier molecular flexibility index (Phi) is 10.1. The van der Waals surface area contributed by atoms with Gasteiger partial charge in [-0.05, 0) is 44.1 Å². The Bertz CT molecular complexity index is 319. The molecule has 1 amide bonds. The number of carbonyl (C=O) groups is 1. The lowest BCUT2D eigenvalue weighted by Gasteiger charge is -2.24. The Labute approximate surface area is 133 Å². The predicted octanol–water partition coefficient (Wildman–Crippen LogP) is 1.60. The van der Waals surface area contributed by atoms with Gasteiger partial charge in [0, 0.05) is 32.6 Å². The van der Waals surface area contributed by atoms with E-state index in [1.807, 2.05) is 11.8 Å². The summed E-state index contributed by atoms with van der Waals surface area (Å²) < 4.78 is 0. The zero-order chi connectivity index (χ0) is 15.3. The van der Waals surface area contributed by atoms with Crippen LogP contribution in [0, 0.1) is 5.92 Å². The fourth-order valence-electron chi connectivity index (χ4n) is 2.12. The van der Waals surface area contributed by atoms with Crippen molar-refractivity contribution in [1.29, 1.82) is 0 Å². The van der Waals surface area contributed by atoms with E-state index in [-0.39, 0.29) is 11.8 Å². The SMILES string of the molecule is CN=C(NCCCCSC)NCCCNC(=O)C1CCC1. The minimum absolute atomic E-state index is 0.234. The van der Waals surface area contributed by atoms with Crippen LogP contribution in [0.25, 0.3) is 0 Å². The first-order valence-corrected chi connectivity index (χ1v) is 9.38. The summed E-state index contributed by atoms with van der Waals surface area (Å²) in [7, 11) is 1.79. The van der Waals surface area contributed by atoms with E-state index < -0.39 is 0 Å². The monoisotopic (exact) mass is 314 g/mol. The lowest BCUT2D eigenvalue weighted by molar-refractivity contribution is -0.127. The Morgan fingerprint density at radius 3 is 2.33 bits per heavy atom. The molecule has 0 aromatic rings. The molecule has 3 N–H and O–H groups in total. The number of nitrogens with one attached hydrogen (secondary N) is 3. The number of aliphatic imine (C=N–C) groups is 1. The van der Waals surface area contributed by atoms with Gasteiger partial charge in [0.05, 0.1) is 0 Å². The summed E-state index contributed by atoms with van der Waals surface area (Å²) in [5, 5.41) is 9.58. The molecule has 0 unspecified atom stereocenters. The molecule has 0 spiro atoms. The minimum atomic E-state index is 0.234. The van der Waals surface area contributed by atoms with Crippen molar-refractivity contribution in [3.05, 3.63) is 0 Å². The number of amides is 1. The molecular weight excluding hydrogens is 284 g/mol. The predicted molar refractivity (Wildman–Crippen MR) is 91.9 cm³/mol. The molecule has 1 saturated carbocycles. The van der Waals surface area contributed by atoms with E-state index >= 15 is 0 Å². The van der Waals surface area contributed by atoms with E-state index in [1.165, 1.54) is 25.0 Å². The minimum Gasteiger partial charge on any atom is -0.356 e. The molecule has 0 atom stereocenters. The molecule has 0 aliphatic heterocycles. The van der Waals surface area contributed by atoms with Crippen LogP contribution < -0.4 is 16.0 Å². The highest BCUT2D eigenvalue weighted by molar-refractivity contribution is 7.98. The van der Waals surface area contributed by atoms with Gasteiger partial charge in [-0.25, -0.2) is 0 Å². The average molecular weight is 314 g/mol. The van der Waals surface area contributed by atoms with Crippen molar-refractivity contribution < 1.29 is 4.79 Å². The number of hydrogen-bond donors (Lipinski definition) is 3. The highest BCUT2D eigenvalue weighted by atomic mass is 32.2. The van der Waals surface area contributed by atoms with Crippen molar-refractivity contribution in [2.24, 2.45) is 10.9 Å². The van der Waals surface area contributed by atoms with Crippen LogP contribution in [0.1, 0.15) is 38.5 Å². The quantitative estimate of drug-likeness (QED) is 0.325. The van der Waals surface area contributed by atoms with Crippen LogP contribution in [0.4, 0.5) is 0 Å².